The summed E-state index contributed by atoms with van der Waals surface area (Å²) in [6.07, 6.45) is 3.10. The van der Waals surface area contributed by atoms with Crippen molar-refractivity contribution in [3.8, 4) is 5.75 Å². The highest BCUT2D eigenvalue weighted by Crippen LogP contribution is 2.38. The zero-order chi connectivity index (χ0) is 23.4. The maximum atomic E-state index is 13.6. The molecule has 2 aromatic carbocycles. The van der Waals surface area contributed by atoms with Crippen LogP contribution in [0.2, 0.25) is 0 Å². The van der Waals surface area contributed by atoms with Gasteiger partial charge in [-0.15, -0.1) is 0 Å². The number of imide groups is 1. The van der Waals surface area contributed by atoms with E-state index in [0.717, 1.165) is 37.4 Å². The fraction of sp³-hybridized carbons (Fsp3) is 0.481. The molecule has 2 fully saturated rings. The van der Waals surface area contributed by atoms with Crippen molar-refractivity contribution in [2.45, 2.75) is 51.1 Å². The molecule has 0 aromatic heterocycles. The van der Waals surface area contributed by atoms with Crippen LogP contribution in [-0.2, 0) is 17.6 Å². The number of methoxy groups -OCH3 is 1. The molecular formula is C27H35N3O3. The van der Waals surface area contributed by atoms with Gasteiger partial charge in [0.1, 0.15) is 11.3 Å². The molecule has 0 aliphatic carbocycles. The Morgan fingerprint density at radius 3 is 2.09 bits per heavy atom. The van der Waals surface area contributed by atoms with Gasteiger partial charge in [0.25, 0.3) is 5.91 Å². The van der Waals surface area contributed by atoms with E-state index in [4.69, 9.17) is 4.74 Å². The van der Waals surface area contributed by atoms with Crippen LogP contribution >= 0.6 is 0 Å². The lowest BCUT2D eigenvalue weighted by molar-refractivity contribution is -0.136. The minimum absolute atomic E-state index is 0.0139. The van der Waals surface area contributed by atoms with E-state index in [9.17, 15) is 9.59 Å². The fourth-order valence-corrected chi connectivity index (χ4v) is 5.10. The van der Waals surface area contributed by atoms with Crippen molar-refractivity contribution < 1.29 is 14.3 Å². The van der Waals surface area contributed by atoms with Gasteiger partial charge < -0.3 is 14.5 Å². The number of urea groups is 1. The van der Waals surface area contributed by atoms with Gasteiger partial charge in [0.15, 0.2) is 0 Å². The van der Waals surface area contributed by atoms with Crippen molar-refractivity contribution >= 4 is 11.9 Å². The summed E-state index contributed by atoms with van der Waals surface area (Å²) in [7, 11) is 1.65. The molecule has 4 rings (SSSR count). The first-order valence-corrected chi connectivity index (χ1v) is 12.0. The summed E-state index contributed by atoms with van der Waals surface area (Å²) in [6, 6.07) is 18.2. The van der Waals surface area contributed by atoms with Crippen molar-refractivity contribution in [2.75, 3.05) is 33.3 Å². The second-order valence-electron chi connectivity index (χ2n) is 9.41. The van der Waals surface area contributed by atoms with Crippen LogP contribution in [-0.4, -0.2) is 71.5 Å². The fourth-order valence-electron chi connectivity index (χ4n) is 5.10. The van der Waals surface area contributed by atoms with Gasteiger partial charge in [0.2, 0.25) is 0 Å². The van der Waals surface area contributed by atoms with E-state index < -0.39 is 5.54 Å². The highest BCUT2D eigenvalue weighted by atomic mass is 16.5. The molecule has 176 valence electrons. The molecule has 0 bridgehead atoms. The quantitative estimate of drug-likeness (QED) is 0.572. The topological polar surface area (TPSA) is 53.1 Å². The third-order valence-corrected chi connectivity index (χ3v) is 7.11. The van der Waals surface area contributed by atoms with Crippen LogP contribution < -0.4 is 4.74 Å². The molecule has 6 heteroatoms. The second-order valence-corrected chi connectivity index (χ2v) is 9.41. The van der Waals surface area contributed by atoms with Crippen molar-refractivity contribution in [1.29, 1.82) is 0 Å². The monoisotopic (exact) mass is 449 g/mol. The van der Waals surface area contributed by atoms with Crippen LogP contribution in [0.3, 0.4) is 0 Å². The maximum Gasteiger partial charge on any atom is 0.327 e. The summed E-state index contributed by atoms with van der Waals surface area (Å²) in [4.78, 5) is 32.7. The molecule has 33 heavy (non-hydrogen) atoms. The summed E-state index contributed by atoms with van der Waals surface area (Å²) < 4.78 is 5.25. The summed E-state index contributed by atoms with van der Waals surface area (Å²) >= 11 is 0. The van der Waals surface area contributed by atoms with E-state index in [-0.39, 0.29) is 18.0 Å². The first-order valence-electron chi connectivity index (χ1n) is 12.0. The third kappa shape index (κ3) is 4.76. The van der Waals surface area contributed by atoms with Gasteiger partial charge in [0.05, 0.1) is 7.11 Å². The van der Waals surface area contributed by atoms with E-state index in [0.29, 0.717) is 25.8 Å². The van der Waals surface area contributed by atoms with Crippen molar-refractivity contribution in [3.63, 3.8) is 0 Å². The average molecular weight is 450 g/mol. The molecule has 0 saturated carbocycles. The van der Waals surface area contributed by atoms with Gasteiger partial charge in [-0.2, -0.15) is 0 Å². The number of carbonyl (C=O) groups is 2. The van der Waals surface area contributed by atoms with E-state index in [1.54, 1.807) is 7.11 Å². The Labute approximate surface area is 197 Å². The number of amides is 3. The number of rotatable bonds is 8. The minimum atomic E-state index is -0.711. The number of hydrogen-bond acceptors (Lipinski definition) is 4. The lowest BCUT2D eigenvalue weighted by Gasteiger charge is -2.42. The molecule has 2 heterocycles. The molecule has 3 amide bonds. The Balaban J connectivity index is 1.45. The van der Waals surface area contributed by atoms with Gasteiger partial charge in [-0.25, -0.2) is 4.79 Å². The summed E-state index contributed by atoms with van der Waals surface area (Å²) in [5, 5.41) is 0. The Morgan fingerprint density at radius 2 is 1.48 bits per heavy atom. The summed E-state index contributed by atoms with van der Waals surface area (Å²) in [6.45, 7) is 7.02. The number of ether oxygens (including phenoxy) is 1. The van der Waals surface area contributed by atoms with Gasteiger partial charge in [-0.1, -0.05) is 42.5 Å². The van der Waals surface area contributed by atoms with Gasteiger partial charge in [-0.05, 0) is 62.8 Å². The summed E-state index contributed by atoms with van der Waals surface area (Å²) in [5.74, 6) is 0.802. The largest absolute Gasteiger partial charge is 0.497 e. The van der Waals surface area contributed by atoms with Crippen molar-refractivity contribution in [3.05, 3.63) is 65.7 Å². The molecule has 2 aliphatic rings. The van der Waals surface area contributed by atoms with Crippen molar-refractivity contribution in [2.24, 2.45) is 0 Å². The smallest absolute Gasteiger partial charge is 0.327 e. The zero-order valence-corrected chi connectivity index (χ0v) is 20.0. The number of nitrogens with zero attached hydrogens (tertiary/aromatic N) is 3. The number of benzene rings is 2. The number of hydrogen-bond donors (Lipinski definition) is 0. The SMILES string of the molecule is COc1ccc(CCN2C(=O)N(C(C)C)C(=O)C23CCN(CCc2ccccc2)CC3)cc1. The number of carbonyl (C=O) groups excluding carboxylic acids is 2. The maximum absolute atomic E-state index is 13.6. The Kier molecular flexibility index (Phi) is 7.03. The molecule has 6 nitrogen and oxygen atoms in total. The van der Waals surface area contributed by atoms with Gasteiger partial charge in [-0.3, -0.25) is 9.69 Å². The van der Waals surface area contributed by atoms with Crippen LogP contribution in [0.5, 0.6) is 5.75 Å². The Morgan fingerprint density at radius 1 is 0.879 bits per heavy atom. The molecule has 0 unspecified atom stereocenters. The Hall–Kier alpha value is -2.86. The highest BCUT2D eigenvalue weighted by Gasteiger charge is 2.58. The average Bonchev–Trinajstić information content (AvgIpc) is 3.04. The Bertz CT molecular complexity index is 950. The number of piperidine rings is 1. The molecule has 2 aromatic rings. The van der Waals surface area contributed by atoms with Crippen molar-refractivity contribution in [1.82, 2.24) is 14.7 Å². The van der Waals surface area contributed by atoms with Gasteiger partial charge in [0, 0.05) is 32.2 Å². The first kappa shape index (κ1) is 23.3. The molecule has 2 saturated heterocycles. The third-order valence-electron chi connectivity index (χ3n) is 7.11. The first-order chi connectivity index (χ1) is 15.9. The molecular weight excluding hydrogens is 414 g/mol. The summed E-state index contributed by atoms with van der Waals surface area (Å²) in [5.41, 5.74) is 1.75. The van der Waals surface area contributed by atoms with E-state index >= 15 is 0 Å². The standard InChI is InChI=1S/C27H35N3O3/c1-21(2)30-25(31)27(15-19-28(20-16-27)17-13-22-7-5-4-6-8-22)29(26(30)32)18-14-23-9-11-24(33-3)12-10-23/h4-12,21H,13-20H2,1-3H3. The van der Waals surface area contributed by atoms with Crippen LogP contribution in [0.4, 0.5) is 4.79 Å². The second kappa shape index (κ2) is 9.96. The number of likely N-dealkylation sites (tertiary alicyclic amines) is 1. The highest BCUT2D eigenvalue weighted by molar-refractivity contribution is 6.07. The normalized spacial score (nSPS) is 18.5. The lowest BCUT2D eigenvalue weighted by Crippen LogP contribution is -2.57. The van der Waals surface area contributed by atoms with E-state index in [1.165, 1.54) is 10.5 Å². The predicted octanol–water partition coefficient (Wildman–Crippen LogP) is 3.99. The minimum Gasteiger partial charge on any atom is -0.497 e. The molecule has 0 N–H and O–H groups in total. The van der Waals surface area contributed by atoms with Crippen LogP contribution in [0.1, 0.15) is 37.8 Å². The zero-order valence-electron chi connectivity index (χ0n) is 20.0. The van der Waals surface area contributed by atoms with Gasteiger partial charge >= 0.3 is 6.03 Å². The lowest BCUT2D eigenvalue weighted by atomic mass is 9.85. The predicted molar refractivity (Wildman–Crippen MR) is 129 cm³/mol. The van der Waals surface area contributed by atoms with E-state index in [1.807, 2.05) is 49.1 Å². The van der Waals surface area contributed by atoms with E-state index in [2.05, 4.69) is 29.2 Å². The van der Waals surface area contributed by atoms with Crippen LogP contribution in [0, 0.1) is 0 Å². The molecule has 2 aliphatic heterocycles. The molecule has 0 atom stereocenters. The van der Waals surface area contributed by atoms with Crippen LogP contribution in [0.25, 0.3) is 0 Å². The molecule has 1 spiro atoms. The molecule has 0 radical (unpaired) electrons. The van der Waals surface area contributed by atoms with Crippen LogP contribution in [0.15, 0.2) is 54.6 Å².